The molecule has 2 rings (SSSR count). The summed E-state index contributed by atoms with van der Waals surface area (Å²) in [7, 11) is 0. The standard InChI is InChI=1S/C13H24N2O/c14-8-2-6-12-7-3-9-15(12)13(16)10-11-4-1-5-11/h11-12H,1-10,14H2. The van der Waals surface area contributed by atoms with Crippen molar-refractivity contribution in [2.24, 2.45) is 11.7 Å². The average Bonchev–Trinajstić information content (AvgIpc) is 2.68. The molecule has 2 aliphatic rings. The predicted octanol–water partition coefficient (Wildman–Crippen LogP) is 1.91. The molecule has 1 aliphatic carbocycles. The summed E-state index contributed by atoms with van der Waals surface area (Å²) in [5, 5.41) is 0. The fraction of sp³-hybridized carbons (Fsp3) is 0.923. The van der Waals surface area contributed by atoms with Crippen LogP contribution in [0.1, 0.15) is 51.4 Å². The first-order chi connectivity index (χ1) is 7.81. The van der Waals surface area contributed by atoms with E-state index in [1.165, 1.54) is 32.1 Å². The summed E-state index contributed by atoms with van der Waals surface area (Å²) in [5.41, 5.74) is 5.54. The highest BCUT2D eigenvalue weighted by Crippen LogP contribution is 2.31. The molecule has 1 atom stereocenters. The highest BCUT2D eigenvalue weighted by atomic mass is 16.2. The maximum Gasteiger partial charge on any atom is 0.223 e. The van der Waals surface area contributed by atoms with Crippen LogP contribution in [0, 0.1) is 5.92 Å². The molecule has 1 amide bonds. The maximum absolute atomic E-state index is 12.1. The Morgan fingerprint density at radius 1 is 1.25 bits per heavy atom. The van der Waals surface area contributed by atoms with Crippen LogP contribution in [0.5, 0.6) is 0 Å². The number of hydrogen-bond acceptors (Lipinski definition) is 2. The zero-order valence-corrected chi connectivity index (χ0v) is 10.2. The number of nitrogens with zero attached hydrogens (tertiary/aromatic N) is 1. The highest BCUT2D eigenvalue weighted by Gasteiger charge is 2.30. The second-order valence-corrected chi connectivity index (χ2v) is 5.32. The molecule has 3 nitrogen and oxygen atoms in total. The average molecular weight is 224 g/mol. The first-order valence-electron chi connectivity index (χ1n) is 6.81. The van der Waals surface area contributed by atoms with Gasteiger partial charge in [0.1, 0.15) is 0 Å². The smallest absolute Gasteiger partial charge is 0.223 e. The summed E-state index contributed by atoms with van der Waals surface area (Å²) in [5.74, 6) is 1.10. The molecule has 1 unspecified atom stereocenters. The lowest BCUT2D eigenvalue weighted by molar-refractivity contribution is -0.133. The van der Waals surface area contributed by atoms with E-state index in [1.807, 2.05) is 0 Å². The zero-order chi connectivity index (χ0) is 11.4. The van der Waals surface area contributed by atoms with Gasteiger partial charge in [-0.15, -0.1) is 0 Å². The van der Waals surface area contributed by atoms with Gasteiger partial charge in [0.15, 0.2) is 0 Å². The van der Waals surface area contributed by atoms with Crippen LogP contribution in [-0.2, 0) is 4.79 Å². The zero-order valence-electron chi connectivity index (χ0n) is 10.2. The van der Waals surface area contributed by atoms with E-state index < -0.39 is 0 Å². The molecule has 1 saturated heterocycles. The lowest BCUT2D eigenvalue weighted by Gasteiger charge is -2.30. The summed E-state index contributed by atoms with van der Waals surface area (Å²) in [4.78, 5) is 14.2. The minimum atomic E-state index is 0.407. The molecule has 1 saturated carbocycles. The highest BCUT2D eigenvalue weighted by molar-refractivity contribution is 5.77. The lowest BCUT2D eigenvalue weighted by Crippen LogP contribution is -2.37. The van der Waals surface area contributed by atoms with Gasteiger partial charge >= 0.3 is 0 Å². The minimum Gasteiger partial charge on any atom is -0.340 e. The van der Waals surface area contributed by atoms with Crippen molar-refractivity contribution in [3.05, 3.63) is 0 Å². The molecule has 0 aromatic carbocycles. The van der Waals surface area contributed by atoms with Crippen molar-refractivity contribution < 1.29 is 4.79 Å². The van der Waals surface area contributed by atoms with Crippen molar-refractivity contribution in [3.8, 4) is 0 Å². The topological polar surface area (TPSA) is 46.3 Å². The molecule has 92 valence electrons. The van der Waals surface area contributed by atoms with Crippen LogP contribution in [0.15, 0.2) is 0 Å². The SMILES string of the molecule is NCCCC1CCCN1C(=O)CC1CCC1. The van der Waals surface area contributed by atoms with Crippen molar-refractivity contribution in [2.45, 2.75) is 57.4 Å². The molecular weight excluding hydrogens is 200 g/mol. The van der Waals surface area contributed by atoms with Gasteiger partial charge in [-0.3, -0.25) is 4.79 Å². The molecule has 0 aromatic rings. The van der Waals surface area contributed by atoms with E-state index in [9.17, 15) is 4.79 Å². The fourth-order valence-electron chi connectivity index (χ4n) is 2.88. The molecular formula is C13H24N2O. The van der Waals surface area contributed by atoms with Gasteiger partial charge in [0.25, 0.3) is 0 Å². The molecule has 0 spiro atoms. The molecule has 2 fully saturated rings. The quantitative estimate of drug-likeness (QED) is 0.775. The Labute approximate surface area is 98.4 Å². The normalized spacial score (nSPS) is 25.8. The third-order valence-electron chi connectivity index (χ3n) is 4.13. The summed E-state index contributed by atoms with van der Waals surface area (Å²) >= 11 is 0. The van der Waals surface area contributed by atoms with Gasteiger partial charge in [0.2, 0.25) is 5.91 Å². The second-order valence-electron chi connectivity index (χ2n) is 5.32. The molecule has 0 aromatic heterocycles. The van der Waals surface area contributed by atoms with E-state index in [0.29, 0.717) is 17.9 Å². The van der Waals surface area contributed by atoms with Crippen LogP contribution >= 0.6 is 0 Å². The van der Waals surface area contributed by atoms with Crippen LogP contribution in [0.3, 0.4) is 0 Å². The Morgan fingerprint density at radius 2 is 2.06 bits per heavy atom. The third-order valence-corrected chi connectivity index (χ3v) is 4.13. The number of rotatable bonds is 5. The Balaban J connectivity index is 1.78. The van der Waals surface area contributed by atoms with E-state index in [-0.39, 0.29) is 0 Å². The van der Waals surface area contributed by atoms with Gasteiger partial charge in [0.05, 0.1) is 0 Å². The van der Waals surface area contributed by atoms with E-state index in [0.717, 1.165) is 32.4 Å². The van der Waals surface area contributed by atoms with Crippen LogP contribution in [0.2, 0.25) is 0 Å². The van der Waals surface area contributed by atoms with Crippen molar-refractivity contribution in [3.63, 3.8) is 0 Å². The fourth-order valence-corrected chi connectivity index (χ4v) is 2.88. The van der Waals surface area contributed by atoms with Gasteiger partial charge in [-0.2, -0.15) is 0 Å². The van der Waals surface area contributed by atoms with Crippen molar-refractivity contribution in [1.82, 2.24) is 4.90 Å². The molecule has 1 aliphatic heterocycles. The third kappa shape index (κ3) is 2.76. The number of likely N-dealkylation sites (tertiary alicyclic amines) is 1. The predicted molar refractivity (Wildman–Crippen MR) is 65.0 cm³/mol. The van der Waals surface area contributed by atoms with Crippen LogP contribution in [-0.4, -0.2) is 29.9 Å². The number of hydrogen-bond donors (Lipinski definition) is 1. The van der Waals surface area contributed by atoms with Crippen molar-refractivity contribution in [2.75, 3.05) is 13.1 Å². The molecule has 2 N–H and O–H groups in total. The van der Waals surface area contributed by atoms with Crippen LogP contribution in [0.25, 0.3) is 0 Å². The van der Waals surface area contributed by atoms with Gasteiger partial charge in [0, 0.05) is 19.0 Å². The second kappa shape index (κ2) is 5.67. The number of nitrogens with two attached hydrogens (primary N) is 1. The van der Waals surface area contributed by atoms with Crippen molar-refractivity contribution in [1.29, 1.82) is 0 Å². The first kappa shape index (κ1) is 11.9. The Hall–Kier alpha value is -0.570. The molecule has 0 radical (unpaired) electrons. The minimum absolute atomic E-state index is 0.407. The van der Waals surface area contributed by atoms with E-state index in [4.69, 9.17) is 5.73 Å². The molecule has 3 heteroatoms. The van der Waals surface area contributed by atoms with E-state index >= 15 is 0 Å². The van der Waals surface area contributed by atoms with E-state index in [2.05, 4.69) is 4.90 Å². The Kier molecular flexibility index (Phi) is 4.22. The molecule has 0 bridgehead atoms. The number of carbonyl (C=O) groups is 1. The monoisotopic (exact) mass is 224 g/mol. The van der Waals surface area contributed by atoms with Gasteiger partial charge in [-0.05, 0) is 51.0 Å². The first-order valence-corrected chi connectivity index (χ1v) is 6.81. The summed E-state index contributed by atoms with van der Waals surface area (Å²) in [6.07, 6.45) is 9.21. The lowest BCUT2D eigenvalue weighted by atomic mass is 9.82. The van der Waals surface area contributed by atoms with Crippen LogP contribution in [0.4, 0.5) is 0 Å². The summed E-state index contributed by atoms with van der Waals surface area (Å²) in [6, 6.07) is 0.496. The number of amides is 1. The maximum atomic E-state index is 12.1. The van der Waals surface area contributed by atoms with Gasteiger partial charge in [-0.25, -0.2) is 0 Å². The van der Waals surface area contributed by atoms with Gasteiger partial charge in [-0.1, -0.05) is 6.42 Å². The van der Waals surface area contributed by atoms with Crippen LogP contribution < -0.4 is 5.73 Å². The van der Waals surface area contributed by atoms with E-state index in [1.54, 1.807) is 0 Å². The molecule has 16 heavy (non-hydrogen) atoms. The summed E-state index contributed by atoms with van der Waals surface area (Å²) in [6.45, 7) is 1.74. The molecule has 1 heterocycles. The Morgan fingerprint density at radius 3 is 2.69 bits per heavy atom. The number of carbonyl (C=O) groups excluding carboxylic acids is 1. The van der Waals surface area contributed by atoms with Gasteiger partial charge < -0.3 is 10.6 Å². The largest absolute Gasteiger partial charge is 0.340 e. The van der Waals surface area contributed by atoms with Crippen molar-refractivity contribution >= 4 is 5.91 Å². The summed E-state index contributed by atoms with van der Waals surface area (Å²) < 4.78 is 0. The Bertz CT molecular complexity index is 238.